The van der Waals surface area contributed by atoms with Crippen molar-refractivity contribution in [2.45, 2.75) is 30.6 Å². The number of hydrogen-bond donors (Lipinski definition) is 2. The van der Waals surface area contributed by atoms with E-state index in [1.807, 2.05) is 0 Å². The van der Waals surface area contributed by atoms with E-state index >= 15 is 0 Å². The fourth-order valence-electron chi connectivity index (χ4n) is 1.96. The van der Waals surface area contributed by atoms with Crippen LogP contribution in [0.25, 0.3) is 0 Å². The zero-order chi connectivity index (χ0) is 16.6. The third kappa shape index (κ3) is 4.32. The van der Waals surface area contributed by atoms with Gasteiger partial charge in [-0.2, -0.15) is 0 Å². The number of benzene rings is 1. The van der Waals surface area contributed by atoms with E-state index in [2.05, 4.69) is 15.6 Å². The molecule has 2 aliphatic rings. The Morgan fingerprint density at radius 3 is 2.65 bits per heavy atom. The number of rotatable bonds is 4. The summed E-state index contributed by atoms with van der Waals surface area (Å²) < 4.78 is 0. The van der Waals surface area contributed by atoms with Crippen LogP contribution in [0.5, 0.6) is 0 Å². The second-order valence-corrected chi connectivity index (χ2v) is 7.67. The van der Waals surface area contributed by atoms with E-state index in [1.165, 1.54) is 23.9 Å². The van der Waals surface area contributed by atoms with E-state index in [0.29, 0.717) is 26.9 Å². The Kier molecular flexibility index (Phi) is 5.06. The number of anilines is 1. The number of nitrogens with zero attached hydrogens (tertiary/aromatic N) is 1. The predicted molar refractivity (Wildman–Crippen MR) is 94.7 cm³/mol. The second-order valence-electron chi connectivity index (χ2n) is 5.26. The predicted octanol–water partition coefficient (Wildman–Crippen LogP) is 3.73. The van der Waals surface area contributed by atoms with Crippen molar-refractivity contribution in [2.75, 3.05) is 5.32 Å². The first kappa shape index (κ1) is 16.9. The standard InChI is InChI=1S/C14H12Cl3N3O2S/c15-7-3-9(17)10(4-8(7)16)19-12(21)5-11-13(22)20-14(23-11)18-6-1-2-6/h3-4,6,11H,1-2,5H2,(H,19,21)(H,18,20,22). The fraction of sp³-hybridized carbons (Fsp3) is 0.357. The van der Waals surface area contributed by atoms with Crippen molar-refractivity contribution in [3.05, 3.63) is 27.2 Å². The highest BCUT2D eigenvalue weighted by molar-refractivity contribution is 8.15. The first-order valence-electron chi connectivity index (χ1n) is 6.92. The lowest BCUT2D eigenvalue weighted by atomic mass is 10.2. The molecule has 1 saturated carbocycles. The zero-order valence-electron chi connectivity index (χ0n) is 11.7. The summed E-state index contributed by atoms with van der Waals surface area (Å²) in [7, 11) is 0. The van der Waals surface area contributed by atoms with Crippen LogP contribution in [0.2, 0.25) is 15.1 Å². The highest BCUT2D eigenvalue weighted by Gasteiger charge is 2.33. The lowest BCUT2D eigenvalue weighted by Gasteiger charge is -2.10. The average molecular weight is 393 g/mol. The number of nitrogens with one attached hydrogen (secondary N) is 2. The molecule has 1 atom stereocenters. The molecule has 1 saturated heterocycles. The first-order valence-corrected chi connectivity index (χ1v) is 8.93. The van der Waals surface area contributed by atoms with E-state index in [4.69, 9.17) is 34.8 Å². The van der Waals surface area contributed by atoms with Crippen molar-refractivity contribution < 1.29 is 9.59 Å². The molecule has 1 aliphatic carbocycles. The van der Waals surface area contributed by atoms with Crippen LogP contribution in [0.4, 0.5) is 5.69 Å². The fourth-order valence-corrected chi connectivity index (χ4v) is 3.59. The van der Waals surface area contributed by atoms with Crippen LogP contribution in [0.15, 0.2) is 17.1 Å². The number of carbonyl (C=O) groups excluding carboxylic acids is 2. The van der Waals surface area contributed by atoms with Crippen molar-refractivity contribution >= 4 is 69.2 Å². The molecule has 1 unspecified atom stereocenters. The van der Waals surface area contributed by atoms with Gasteiger partial charge in [0.25, 0.3) is 0 Å². The summed E-state index contributed by atoms with van der Waals surface area (Å²) in [6.45, 7) is 0. The topological polar surface area (TPSA) is 70.6 Å². The van der Waals surface area contributed by atoms with Crippen molar-refractivity contribution in [3.8, 4) is 0 Å². The maximum atomic E-state index is 12.1. The van der Waals surface area contributed by atoms with Crippen LogP contribution < -0.4 is 10.6 Å². The zero-order valence-corrected chi connectivity index (χ0v) is 14.8. The molecule has 0 radical (unpaired) electrons. The Hall–Kier alpha value is -0.950. The van der Waals surface area contributed by atoms with Gasteiger partial charge in [0.1, 0.15) is 5.25 Å². The smallest absolute Gasteiger partial charge is 0.240 e. The second kappa shape index (κ2) is 6.89. The summed E-state index contributed by atoms with van der Waals surface area (Å²) in [6, 6.07) is 3.25. The third-order valence-electron chi connectivity index (χ3n) is 3.28. The maximum Gasteiger partial charge on any atom is 0.240 e. The largest absolute Gasteiger partial charge is 0.325 e. The van der Waals surface area contributed by atoms with Gasteiger partial charge in [-0.05, 0) is 25.0 Å². The van der Waals surface area contributed by atoms with Crippen LogP contribution >= 0.6 is 46.6 Å². The van der Waals surface area contributed by atoms with Gasteiger partial charge in [0.15, 0.2) is 5.17 Å². The molecular weight excluding hydrogens is 381 g/mol. The monoisotopic (exact) mass is 391 g/mol. The average Bonchev–Trinajstić information content (AvgIpc) is 3.21. The summed E-state index contributed by atoms with van der Waals surface area (Å²) >= 11 is 19.1. The minimum Gasteiger partial charge on any atom is -0.325 e. The molecule has 23 heavy (non-hydrogen) atoms. The summed E-state index contributed by atoms with van der Waals surface area (Å²) in [5, 5.41) is 6.34. The van der Waals surface area contributed by atoms with Gasteiger partial charge in [-0.15, -0.1) is 0 Å². The van der Waals surface area contributed by atoms with Gasteiger partial charge < -0.3 is 10.6 Å². The van der Waals surface area contributed by atoms with Gasteiger partial charge in [0, 0.05) is 6.42 Å². The van der Waals surface area contributed by atoms with Crippen LogP contribution in [0.3, 0.4) is 0 Å². The Morgan fingerprint density at radius 1 is 1.26 bits per heavy atom. The number of amidine groups is 1. The SMILES string of the molecule is O=C(CC1SC(=NC2CC2)NC1=O)Nc1cc(Cl)c(Cl)cc1Cl. The third-order valence-corrected chi connectivity index (χ3v) is 5.41. The van der Waals surface area contributed by atoms with Crippen LogP contribution in [0.1, 0.15) is 19.3 Å². The normalized spacial score (nSPS) is 22.3. The maximum absolute atomic E-state index is 12.1. The van der Waals surface area contributed by atoms with Gasteiger partial charge in [0.2, 0.25) is 11.8 Å². The van der Waals surface area contributed by atoms with Gasteiger partial charge in [-0.25, -0.2) is 0 Å². The van der Waals surface area contributed by atoms with E-state index in [-0.39, 0.29) is 23.3 Å². The molecule has 2 N–H and O–H groups in total. The molecule has 1 heterocycles. The van der Waals surface area contributed by atoms with Crippen molar-refractivity contribution in [2.24, 2.45) is 4.99 Å². The lowest BCUT2D eigenvalue weighted by Crippen LogP contribution is -2.28. The van der Waals surface area contributed by atoms with E-state index in [1.54, 1.807) is 0 Å². The molecule has 1 aromatic carbocycles. The molecule has 1 aliphatic heterocycles. The van der Waals surface area contributed by atoms with E-state index in [9.17, 15) is 9.59 Å². The van der Waals surface area contributed by atoms with Gasteiger partial charge >= 0.3 is 0 Å². The summed E-state index contributed by atoms with van der Waals surface area (Å²) in [5.74, 6) is -0.532. The lowest BCUT2D eigenvalue weighted by molar-refractivity contribution is -0.122. The molecule has 0 bridgehead atoms. The Balaban J connectivity index is 1.61. The molecular formula is C14H12Cl3N3O2S. The molecule has 3 rings (SSSR count). The van der Waals surface area contributed by atoms with Crippen LogP contribution in [-0.4, -0.2) is 28.3 Å². The molecule has 0 spiro atoms. The number of hydrogen-bond acceptors (Lipinski definition) is 4. The number of thioether (sulfide) groups is 1. The number of carbonyl (C=O) groups is 2. The highest BCUT2D eigenvalue weighted by Crippen LogP contribution is 2.33. The Labute approximate surface area is 152 Å². The van der Waals surface area contributed by atoms with Crippen LogP contribution in [-0.2, 0) is 9.59 Å². The Bertz CT molecular complexity index is 707. The number of amides is 2. The molecule has 9 heteroatoms. The molecule has 2 fully saturated rings. The van der Waals surface area contributed by atoms with Crippen molar-refractivity contribution in [3.63, 3.8) is 0 Å². The number of halogens is 3. The summed E-state index contributed by atoms with van der Waals surface area (Å²) in [5.41, 5.74) is 0.362. The van der Waals surface area contributed by atoms with Crippen molar-refractivity contribution in [1.82, 2.24) is 5.32 Å². The molecule has 5 nitrogen and oxygen atoms in total. The van der Waals surface area contributed by atoms with Crippen molar-refractivity contribution in [1.29, 1.82) is 0 Å². The highest BCUT2D eigenvalue weighted by atomic mass is 35.5. The Morgan fingerprint density at radius 2 is 1.96 bits per heavy atom. The molecule has 0 aromatic heterocycles. The molecule has 2 amide bonds. The van der Waals surface area contributed by atoms with E-state index < -0.39 is 5.25 Å². The van der Waals surface area contributed by atoms with Crippen LogP contribution in [0, 0.1) is 0 Å². The minimum atomic E-state index is -0.492. The summed E-state index contributed by atoms with van der Waals surface area (Å²) in [4.78, 5) is 28.4. The van der Waals surface area contributed by atoms with Gasteiger partial charge in [-0.1, -0.05) is 46.6 Å². The minimum absolute atomic E-state index is 0.0246. The van der Waals surface area contributed by atoms with E-state index in [0.717, 1.165) is 12.8 Å². The van der Waals surface area contributed by atoms with Gasteiger partial charge in [-0.3, -0.25) is 14.6 Å². The quantitative estimate of drug-likeness (QED) is 0.767. The first-order chi connectivity index (χ1) is 10.9. The van der Waals surface area contributed by atoms with Gasteiger partial charge in [0.05, 0.1) is 26.8 Å². The molecule has 1 aromatic rings. The molecule has 122 valence electrons. The summed E-state index contributed by atoms with van der Waals surface area (Å²) in [6.07, 6.45) is 2.14. The number of aliphatic imine (C=N–C) groups is 1.